The normalized spacial score (nSPS) is 17.1. The molecular weight excluding hydrogens is 444 g/mol. The van der Waals surface area contributed by atoms with Gasteiger partial charge in [-0.3, -0.25) is 10.1 Å². The Bertz CT molecular complexity index is 908. The van der Waals surface area contributed by atoms with E-state index in [1.165, 1.54) is 12.1 Å². The highest BCUT2D eigenvalue weighted by atomic mass is 16.6. The van der Waals surface area contributed by atoms with Crippen molar-refractivity contribution in [2.75, 3.05) is 78.0 Å². The second-order valence-corrected chi connectivity index (χ2v) is 7.27. The Morgan fingerprint density at radius 1 is 0.794 bits per heavy atom. The Balaban J connectivity index is 1.68. The number of non-ortho nitro benzene ring substituents is 1. The molecule has 1 aliphatic heterocycles. The minimum Gasteiger partial charge on any atom is -0.495 e. The van der Waals surface area contributed by atoms with Gasteiger partial charge in [-0.05, 0) is 24.3 Å². The first-order valence-corrected chi connectivity index (χ1v) is 11.1. The molecule has 1 fully saturated rings. The van der Waals surface area contributed by atoms with E-state index in [0.717, 1.165) is 5.69 Å². The van der Waals surface area contributed by atoms with Crippen molar-refractivity contribution in [2.24, 2.45) is 10.2 Å². The molecule has 184 valence electrons. The number of ether oxygens (including phenoxy) is 5. The molecule has 1 saturated heterocycles. The first-order valence-electron chi connectivity index (χ1n) is 11.1. The van der Waals surface area contributed by atoms with Crippen molar-refractivity contribution in [3.05, 3.63) is 52.6 Å². The number of rotatable bonds is 5. The summed E-state index contributed by atoms with van der Waals surface area (Å²) in [5.74, 6) is 0.643. The maximum absolute atomic E-state index is 10.8. The Kier molecular flexibility index (Phi) is 10.7. The number of nitro benzene ring substituents is 1. The molecule has 0 aromatic heterocycles. The van der Waals surface area contributed by atoms with E-state index >= 15 is 0 Å². The third-order valence-electron chi connectivity index (χ3n) is 4.97. The maximum atomic E-state index is 10.8. The van der Waals surface area contributed by atoms with Gasteiger partial charge in [0.25, 0.3) is 5.69 Å². The van der Waals surface area contributed by atoms with Crippen LogP contribution in [-0.4, -0.2) is 78.0 Å². The van der Waals surface area contributed by atoms with Crippen LogP contribution in [0.3, 0.4) is 0 Å². The average Bonchev–Trinajstić information content (AvgIpc) is 2.87. The van der Waals surface area contributed by atoms with Gasteiger partial charge in [-0.2, -0.15) is 10.2 Å². The molecule has 34 heavy (non-hydrogen) atoms. The molecule has 11 heteroatoms. The van der Waals surface area contributed by atoms with Crippen molar-refractivity contribution in [3.8, 4) is 5.75 Å². The zero-order chi connectivity index (χ0) is 24.0. The van der Waals surface area contributed by atoms with Crippen molar-refractivity contribution in [3.63, 3.8) is 0 Å². The molecule has 0 unspecified atom stereocenters. The summed E-state index contributed by atoms with van der Waals surface area (Å²) in [6.07, 6.45) is 0. The second-order valence-electron chi connectivity index (χ2n) is 7.27. The summed E-state index contributed by atoms with van der Waals surface area (Å²) in [6, 6.07) is 11.4. The molecule has 0 N–H and O–H groups in total. The summed E-state index contributed by atoms with van der Waals surface area (Å²) in [6.45, 7) is 5.54. The highest BCUT2D eigenvalue weighted by molar-refractivity contribution is 5.64. The largest absolute Gasteiger partial charge is 0.495 e. The summed E-state index contributed by atoms with van der Waals surface area (Å²) < 4.78 is 28.0. The van der Waals surface area contributed by atoms with E-state index in [1.54, 1.807) is 25.3 Å². The molecule has 1 aliphatic rings. The van der Waals surface area contributed by atoms with Crippen LogP contribution >= 0.6 is 0 Å². The van der Waals surface area contributed by atoms with Crippen LogP contribution in [0.2, 0.25) is 0 Å². The number of hydrogen-bond acceptors (Lipinski definition) is 10. The summed E-state index contributed by atoms with van der Waals surface area (Å²) in [5.41, 5.74) is 2.01. The second kappa shape index (κ2) is 14.2. The number of azo groups is 1. The van der Waals surface area contributed by atoms with Crippen LogP contribution in [-0.2, 0) is 18.9 Å². The predicted molar refractivity (Wildman–Crippen MR) is 126 cm³/mol. The SMILES string of the molecule is COc1cc(N=Nc2ccc([N+](=O)[O-])cc2)ccc1N1CCOCCOCCOCCOCC1. The average molecular weight is 475 g/mol. The molecule has 0 aliphatic carbocycles. The third-order valence-corrected chi connectivity index (χ3v) is 4.97. The smallest absolute Gasteiger partial charge is 0.269 e. The molecule has 0 radical (unpaired) electrons. The molecule has 1 heterocycles. The molecule has 0 saturated carbocycles. The predicted octanol–water partition coefficient (Wildman–Crippen LogP) is 3.91. The zero-order valence-electron chi connectivity index (χ0n) is 19.3. The van der Waals surface area contributed by atoms with E-state index in [9.17, 15) is 10.1 Å². The van der Waals surface area contributed by atoms with Crippen LogP contribution in [0.1, 0.15) is 0 Å². The molecule has 2 aromatic carbocycles. The Hall–Kier alpha value is -3.12. The van der Waals surface area contributed by atoms with Crippen LogP contribution < -0.4 is 9.64 Å². The molecule has 0 atom stereocenters. The van der Waals surface area contributed by atoms with Crippen LogP contribution in [0.4, 0.5) is 22.7 Å². The van der Waals surface area contributed by atoms with Gasteiger partial charge in [0.1, 0.15) is 5.75 Å². The number of hydrogen-bond donors (Lipinski definition) is 0. The van der Waals surface area contributed by atoms with Crippen molar-refractivity contribution >= 4 is 22.7 Å². The first kappa shape index (κ1) is 25.5. The highest BCUT2D eigenvalue weighted by Gasteiger charge is 2.14. The lowest BCUT2D eigenvalue weighted by Gasteiger charge is -2.26. The van der Waals surface area contributed by atoms with Gasteiger partial charge in [-0.1, -0.05) is 0 Å². The summed E-state index contributed by atoms with van der Waals surface area (Å²) in [4.78, 5) is 12.5. The zero-order valence-corrected chi connectivity index (χ0v) is 19.3. The Labute approximate surface area is 198 Å². The van der Waals surface area contributed by atoms with Crippen molar-refractivity contribution in [1.82, 2.24) is 0 Å². The van der Waals surface area contributed by atoms with E-state index in [2.05, 4.69) is 15.1 Å². The Morgan fingerprint density at radius 2 is 1.29 bits per heavy atom. The van der Waals surface area contributed by atoms with Crippen molar-refractivity contribution in [1.29, 1.82) is 0 Å². The minimum absolute atomic E-state index is 0.00537. The number of methoxy groups -OCH3 is 1. The van der Waals surface area contributed by atoms with Crippen molar-refractivity contribution < 1.29 is 28.6 Å². The standard InChI is InChI=1S/C23H30N4O7/c1-30-23-18-20(25-24-19-2-5-21(6-3-19)27(28)29)4-7-22(23)26-8-10-31-12-14-33-16-17-34-15-13-32-11-9-26/h2-7,18H,8-17H2,1H3. The fourth-order valence-electron chi connectivity index (χ4n) is 3.21. The number of anilines is 1. The van der Waals surface area contributed by atoms with Gasteiger partial charge in [-0.15, -0.1) is 0 Å². The minimum atomic E-state index is -0.454. The van der Waals surface area contributed by atoms with Gasteiger partial charge in [0.2, 0.25) is 0 Å². The lowest BCUT2D eigenvalue weighted by Crippen LogP contribution is -2.31. The first-order chi connectivity index (χ1) is 16.7. The van der Waals surface area contributed by atoms with Gasteiger partial charge in [-0.25, -0.2) is 0 Å². The molecular formula is C23H30N4O7. The highest BCUT2D eigenvalue weighted by Crippen LogP contribution is 2.33. The Morgan fingerprint density at radius 3 is 1.82 bits per heavy atom. The fourth-order valence-corrected chi connectivity index (χ4v) is 3.21. The molecule has 11 nitrogen and oxygen atoms in total. The quantitative estimate of drug-likeness (QED) is 0.364. The number of benzene rings is 2. The van der Waals surface area contributed by atoms with Crippen molar-refractivity contribution in [2.45, 2.75) is 0 Å². The number of nitrogens with zero attached hydrogens (tertiary/aromatic N) is 4. The maximum Gasteiger partial charge on any atom is 0.269 e. The third kappa shape index (κ3) is 8.34. The van der Waals surface area contributed by atoms with Crippen LogP contribution in [0.5, 0.6) is 5.75 Å². The van der Waals surface area contributed by atoms with E-state index in [4.69, 9.17) is 23.7 Å². The lowest BCUT2D eigenvalue weighted by atomic mass is 10.2. The molecule has 0 amide bonds. The fraction of sp³-hybridized carbons (Fsp3) is 0.478. The van der Waals surface area contributed by atoms with Gasteiger partial charge in [0.15, 0.2) is 0 Å². The van der Waals surface area contributed by atoms with Crippen LogP contribution in [0, 0.1) is 10.1 Å². The topological polar surface area (TPSA) is 117 Å². The monoisotopic (exact) mass is 474 g/mol. The lowest BCUT2D eigenvalue weighted by molar-refractivity contribution is -0.384. The van der Waals surface area contributed by atoms with Crippen LogP contribution in [0.25, 0.3) is 0 Å². The summed E-state index contributed by atoms with van der Waals surface area (Å²) in [5, 5.41) is 19.2. The van der Waals surface area contributed by atoms with Gasteiger partial charge < -0.3 is 28.6 Å². The number of nitro groups is 1. The van der Waals surface area contributed by atoms with E-state index in [1.807, 2.05) is 12.1 Å². The summed E-state index contributed by atoms with van der Waals surface area (Å²) in [7, 11) is 1.60. The molecule has 0 spiro atoms. The molecule has 0 bridgehead atoms. The van der Waals surface area contributed by atoms with E-state index < -0.39 is 4.92 Å². The summed E-state index contributed by atoms with van der Waals surface area (Å²) >= 11 is 0. The van der Waals surface area contributed by atoms with Gasteiger partial charge in [0.05, 0.1) is 82.0 Å². The molecule has 3 rings (SSSR count). The van der Waals surface area contributed by atoms with E-state index in [0.29, 0.717) is 83.1 Å². The van der Waals surface area contributed by atoms with Gasteiger partial charge >= 0.3 is 0 Å². The van der Waals surface area contributed by atoms with Crippen LogP contribution in [0.15, 0.2) is 52.7 Å². The molecule has 2 aromatic rings. The van der Waals surface area contributed by atoms with Gasteiger partial charge in [0, 0.05) is 31.3 Å². The van der Waals surface area contributed by atoms with E-state index in [-0.39, 0.29) is 5.69 Å².